The number of allylic oxidation sites excluding steroid dienone is 1. The first-order valence-corrected chi connectivity index (χ1v) is 5.26. The Labute approximate surface area is 96.1 Å². The van der Waals surface area contributed by atoms with Crippen molar-refractivity contribution in [2.45, 2.75) is 32.7 Å². The number of carbonyl (C=O) groups is 1. The first-order valence-electron chi connectivity index (χ1n) is 5.26. The molecule has 0 aromatic rings. The number of hydrazine groups is 1. The van der Waals surface area contributed by atoms with Crippen molar-refractivity contribution in [2.24, 2.45) is 0 Å². The van der Waals surface area contributed by atoms with Crippen LogP contribution < -0.4 is 10.7 Å². The fourth-order valence-corrected chi connectivity index (χ4v) is 1.63. The van der Waals surface area contributed by atoms with E-state index in [4.69, 9.17) is 5.26 Å². The average Bonchev–Trinajstić information content (AvgIpc) is 2.60. The molecule has 5 heteroatoms. The van der Waals surface area contributed by atoms with Gasteiger partial charge in [0.1, 0.15) is 11.8 Å². The largest absolute Gasteiger partial charge is 0.359 e. The molecule has 2 N–H and O–H groups in total. The van der Waals surface area contributed by atoms with E-state index in [1.807, 2.05) is 25.8 Å². The van der Waals surface area contributed by atoms with Gasteiger partial charge in [-0.2, -0.15) is 5.26 Å². The Bertz CT molecular complexity index is 359. The van der Waals surface area contributed by atoms with Gasteiger partial charge in [0.05, 0.1) is 6.42 Å². The molecular formula is C11H18N4O. The molecule has 0 atom stereocenters. The van der Waals surface area contributed by atoms with Gasteiger partial charge in [-0.25, -0.2) is 5.43 Å². The van der Waals surface area contributed by atoms with Gasteiger partial charge >= 0.3 is 0 Å². The van der Waals surface area contributed by atoms with Crippen molar-refractivity contribution in [1.82, 2.24) is 15.8 Å². The quantitative estimate of drug-likeness (QED) is 0.714. The molecule has 0 aromatic carbocycles. The minimum Gasteiger partial charge on any atom is -0.359 e. The third-order valence-electron chi connectivity index (χ3n) is 2.44. The summed E-state index contributed by atoms with van der Waals surface area (Å²) < 4.78 is 0. The molecule has 1 aliphatic heterocycles. The highest BCUT2D eigenvalue weighted by Gasteiger charge is 2.31. The Hall–Kier alpha value is -1.54. The van der Waals surface area contributed by atoms with Crippen molar-refractivity contribution < 1.29 is 4.79 Å². The zero-order valence-corrected chi connectivity index (χ0v) is 10.2. The molecule has 0 fully saturated rings. The molecule has 5 nitrogen and oxygen atoms in total. The maximum atomic E-state index is 11.3. The lowest BCUT2D eigenvalue weighted by Gasteiger charge is -2.33. The van der Waals surface area contributed by atoms with E-state index in [0.717, 1.165) is 5.57 Å². The fraction of sp³-hybridized carbons (Fsp3) is 0.636. The van der Waals surface area contributed by atoms with E-state index in [9.17, 15) is 4.79 Å². The van der Waals surface area contributed by atoms with Gasteiger partial charge in [-0.05, 0) is 26.3 Å². The Morgan fingerprint density at radius 1 is 1.62 bits per heavy atom. The molecule has 88 valence electrons. The second kappa shape index (κ2) is 4.54. The molecule has 1 heterocycles. The molecule has 0 bridgehead atoms. The van der Waals surface area contributed by atoms with E-state index < -0.39 is 0 Å². The van der Waals surface area contributed by atoms with Gasteiger partial charge < -0.3 is 5.32 Å². The number of hydrogen-bond acceptors (Lipinski definition) is 4. The highest BCUT2D eigenvalue weighted by Crippen LogP contribution is 2.25. The zero-order valence-electron chi connectivity index (χ0n) is 10.2. The minimum absolute atomic E-state index is 0.0692. The van der Waals surface area contributed by atoms with Crippen LogP contribution in [0.5, 0.6) is 0 Å². The predicted octanol–water partition coefficient (Wildman–Crippen LogP) is 0.519. The number of amides is 1. The third-order valence-corrected chi connectivity index (χ3v) is 2.44. The smallest absolute Gasteiger partial charge is 0.223 e. The monoisotopic (exact) mass is 222 g/mol. The van der Waals surface area contributed by atoms with E-state index in [1.165, 1.54) is 0 Å². The molecule has 1 aliphatic rings. The number of nitriles is 1. The number of rotatable bonds is 2. The van der Waals surface area contributed by atoms with E-state index in [0.29, 0.717) is 12.2 Å². The standard InChI is InChI=1S/C11H18N4O/c1-11(2,3)15-9(6-12)8(7-14-15)5-10(16)13-4/h14H,5,7H2,1-4H3,(H,13,16). The van der Waals surface area contributed by atoms with Crippen LogP contribution in [0, 0.1) is 11.3 Å². The number of nitrogens with zero attached hydrogens (tertiary/aromatic N) is 2. The lowest BCUT2D eigenvalue weighted by atomic mass is 10.1. The van der Waals surface area contributed by atoms with E-state index in [-0.39, 0.29) is 17.9 Å². The second-order valence-electron chi connectivity index (χ2n) is 4.76. The molecule has 0 aliphatic carbocycles. The van der Waals surface area contributed by atoms with Gasteiger partial charge in [-0.1, -0.05) is 0 Å². The molecule has 0 unspecified atom stereocenters. The van der Waals surface area contributed by atoms with Gasteiger partial charge in [-0.3, -0.25) is 9.80 Å². The van der Waals surface area contributed by atoms with Crippen LogP contribution in [0.15, 0.2) is 11.3 Å². The number of nitrogens with one attached hydrogen (secondary N) is 2. The molecular weight excluding hydrogens is 204 g/mol. The Kier molecular flexibility index (Phi) is 3.55. The summed E-state index contributed by atoms with van der Waals surface area (Å²) >= 11 is 0. The van der Waals surface area contributed by atoms with Crippen LogP contribution in [0.3, 0.4) is 0 Å². The third kappa shape index (κ3) is 2.52. The summed E-state index contributed by atoms with van der Waals surface area (Å²) in [4.78, 5) is 11.3. The van der Waals surface area contributed by atoms with E-state index in [2.05, 4.69) is 16.8 Å². The molecule has 0 saturated heterocycles. The Morgan fingerprint density at radius 2 is 2.25 bits per heavy atom. The van der Waals surface area contributed by atoms with Crippen LogP contribution in [-0.4, -0.2) is 30.0 Å². The summed E-state index contributed by atoms with van der Waals surface area (Å²) in [5.41, 5.74) is 4.37. The summed E-state index contributed by atoms with van der Waals surface area (Å²) in [6, 6.07) is 2.16. The molecule has 0 aromatic heterocycles. The Morgan fingerprint density at radius 3 is 2.69 bits per heavy atom. The fourth-order valence-electron chi connectivity index (χ4n) is 1.63. The summed E-state index contributed by atoms with van der Waals surface area (Å²) in [6.07, 6.45) is 0.277. The molecule has 0 radical (unpaired) electrons. The van der Waals surface area contributed by atoms with Crippen molar-refractivity contribution in [3.05, 3.63) is 11.3 Å². The van der Waals surface area contributed by atoms with Crippen molar-refractivity contribution in [1.29, 1.82) is 5.26 Å². The lowest BCUT2D eigenvalue weighted by Crippen LogP contribution is -2.46. The lowest BCUT2D eigenvalue weighted by molar-refractivity contribution is -0.119. The summed E-state index contributed by atoms with van der Waals surface area (Å²) in [5.74, 6) is -0.0692. The van der Waals surface area contributed by atoms with Crippen LogP contribution in [0.4, 0.5) is 0 Å². The molecule has 0 spiro atoms. The normalized spacial score (nSPS) is 16.3. The zero-order chi connectivity index (χ0) is 12.3. The van der Waals surface area contributed by atoms with Gasteiger partial charge in [0, 0.05) is 19.1 Å². The summed E-state index contributed by atoms with van der Waals surface area (Å²) in [7, 11) is 1.60. The number of hydrogen-bond donors (Lipinski definition) is 2. The summed E-state index contributed by atoms with van der Waals surface area (Å²) in [5, 5.41) is 13.5. The molecule has 0 saturated carbocycles. The number of carbonyl (C=O) groups excluding carboxylic acids is 1. The van der Waals surface area contributed by atoms with Crippen molar-refractivity contribution in [3.8, 4) is 6.07 Å². The highest BCUT2D eigenvalue weighted by molar-refractivity contribution is 5.78. The average molecular weight is 222 g/mol. The topological polar surface area (TPSA) is 68.2 Å². The summed E-state index contributed by atoms with van der Waals surface area (Å²) in [6.45, 7) is 6.61. The molecule has 16 heavy (non-hydrogen) atoms. The van der Waals surface area contributed by atoms with Crippen LogP contribution in [-0.2, 0) is 4.79 Å². The SMILES string of the molecule is CNC(=O)CC1=C(C#N)N(C(C)(C)C)NC1. The first-order chi connectivity index (χ1) is 7.40. The van der Waals surface area contributed by atoms with Gasteiger partial charge in [0.25, 0.3) is 0 Å². The van der Waals surface area contributed by atoms with Crippen molar-refractivity contribution >= 4 is 5.91 Å². The molecule has 1 amide bonds. The van der Waals surface area contributed by atoms with E-state index in [1.54, 1.807) is 7.05 Å². The van der Waals surface area contributed by atoms with Crippen LogP contribution >= 0.6 is 0 Å². The highest BCUT2D eigenvalue weighted by atomic mass is 16.1. The van der Waals surface area contributed by atoms with Crippen LogP contribution in [0.2, 0.25) is 0 Å². The Balaban J connectivity index is 2.91. The van der Waals surface area contributed by atoms with E-state index >= 15 is 0 Å². The van der Waals surface area contributed by atoms with Crippen molar-refractivity contribution in [2.75, 3.05) is 13.6 Å². The van der Waals surface area contributed by atoms with Crippen molar-refractivity contribution in [3.63, 3.8) is 0 Å². The molecule has 1 rings (SSSR count). The maximum Gasteiger partial charge on any atom is 0.223 e. The minimum atomic E-state index is -0.171. The van der Waals surface area contributed by atoms with Gasteiger partial charge in [0.2, 0.25) is 5.91 Å². The second-order valence-corrected chi connectivity index (χ2v) is 4.76. The first kappa shape index (κ1) is 12.5. The van der Waals surface area contributed by atoms with Gasteiger partial charge in [0.15, 0.2) is 0 Å². The van der Waals surface area contributed by atoms with Gasteiger partial charge in [-0.15, -0.1) is 0 Å². The maximum absolute atomic E-state index is 11.3. The van der Waals surface area contributed by atoms with Crippen LogP contribution in [0.1, 0.15) is 27.2 Å². The van der Waals surface area contributed by atoms with Crippen LogP contribution in [0.25, 0.3) is 0 Å². The predicted molar refractivity (Wildman–Crippen MR) is 60.9 cm³/mol.